The van der Waals surface area contributed by atoms with Gasteiger partial charge >= 0.3 is 0 Å². The van der Waals surface area contributed by atoms with Gasteiger partial charge in [0.15, 0.2) is 5.96 Å². The molecular formula is C13H19N3O. The van der Waals surface area contributed by atoms with Crippen molar-refractivity contribution in [1.29, 1.82) is 0 Å². The number of fused-ring (bicyclic) bond motifs is 1. The van der Waals surface area contributed by atoms with E-state index in [1.807, 2.05) is 25.1 Å². The monoisotopic (exact) mass is 233 g/mol. The Hall–Kier alpha value is -1.71. The lowest BCUT2D eigenvalue weighted by atomic mass is 10.1. The van der Waals surface area contributed by atoms with Crippen LogP contribution in [0.15, 0.2) is 29.3 Å². The topological polar surface area (TPSA) is 59.6 Å². The molecule has 0 spiro atoms. The van der Waals surface area contributed by atoms with Crippen molar-refractivity contribution in [3.05, 3.63) is 29.8 Å². The van der Waals surface area contributed by atoms with Crippen LogP contribution in [0.5, 0.6) is 5.75 Å². The van der Waals surface area contributed by atoms with Gasteiger partial charge < -0.3 is 15.8 Å². The van der Waals surface area contributed by atoms with E-state index in [0.717, 1.165) is 24.3 Å². The summed E-state index contributed by atoms with van der Waals surface area (Å²) in [5, 5.41) is 3.22. The fourth-order valence-electron chi connectivity index (χ4n) is 2.00. The Bertz CT molecular complexity index is 417. The normalized spacial score (nSPS) is 23.1. The molecule has 0 saturated heterocycles. The molecule has 1 aromatic carbocycles. The number of rotatable bonds is 3. The number of guanidine groups is 1. The van der Waals surface area contributed by atoms with Crippen LogP contribution in [0.3, 0.4) is 0 Å². The lowest BCUT2D eigenvalue weighted by molar-refractivity contribution is 0.219. The maximum absolute atomic E-state index is 5.84. The zero-order chi connectivity index (χ0) is 12.3. The standard InChI is InChI=1S/C13H19N3O/c1-3-8-15-13(14)16-12-9(2)17-11-7-5-4-6-10(11)12/h4-7,9,12H,3,8H2,1-2H3,(H3,14,15,16). The van der Waals surface area contributed by atoms with Gasteiger partial charge in [-0.3, -0.25) is 4.99 Å². The van der Waals surface area contributed by atoms with Crippen molar-refractivity contribution in [3.63, 3.8) is 0 Å². The molecule has 1 heterocycles. The van der Waals surface area contributed by atoms with Gasteiger partial charge in [0.1, 0.15) is 11.9 Å². The van der Waals surface area contributed by atoms with Crippen LogP contribution in [0.25, 0.3) is 0 Å². The predicted octanol–water partition coefficient (Wildman–Crippen LogP) is 1.82. The molecular weight excluding hydrogens is 214 g/mol. The third-order valence-electron chi connectivity index (χ3n) is 2.85. The van der Waals surface area contributed by atoms with Gasteiger partial charge in [-0.2, -0.15) is 0 Å². The minimum Gasteiger partial charge on any atom is -0.488 e. The van der Waals surface area contributed by atoms with E-state index in [2.05, 4.69) is 23.3 Å². The van der Waals surface area contributed by atoms with E-state index in [0.29, 0.717) is 5.96 Å². The molecule has 0 radical (unpaired) electrons. The summed E-state index contributed by atoms with van der Waals surface area (Å²) in [5.41, 5.74) is 6.99. The number of aliphatic imine (C=N–C) groups is 1. The van der Waals surface area contributed by atoms with Crippen molar-refractivity contribution in [2.24, 2.45) is 10.7 Å². The van der Waals surface area contributed by atoms with E-state index < -0.39 is 0 Å². The quantitative estimate of drug-likeness (QED) is 0.618. The molecule has 3 N–H and O–H groups in total. The Balaban J connectivity index is 2.11. The van der Waals surface area contributed by atoms with Gasteiger partial charge in [0.2, 0.25) is 0 Å². The maximum atomic E-state index is 5.84. The summed E-state index contributed by atoms with van der Waals surface area (Å²) in [6.07, 6.45) is 1.07. The third kappa shape index (κ3) is 2.52. The van der Waals surface area contributed by atoms with Gasteiger partial charge in [0.25, 0.3) is 0 Å². The Morgan fingerprint density at radius 1 is 1.47 bits per heavy atom. The summed E-state index contributed by atoms with van der Waals surface area (Å²) in [6, 6.07) is 8.11. The second-order valence-electron chi connectivity index (χ2n) is 4.25. The fourth-order valence-corrected chi connectivity index (χ4v) is 2.00. The van der Waals surface area contributed by atoms with Crippen LogP contribution < -0.4 is 15.8 Å². The van der Waals surface area contributed by atoms with Crippen molar-refractivity contribution in [2.75, 3.05) is 6.54 Å². The Morgan fingerprint density at radius 2 is 2.24 bits per heavy atom. The number of benzene rings is 1. The first kappa shape index (κ1) is 11.8. The highest BCUT2D eigenvalue weighted by Crippen LogP contribution is 2.35. The minimum absolute atomic E-state index is 0.0720. The smallest absolute Gasteiger partial charge is 0.189 e. The third-order valence-corrected chi connectivity index (χ3v) is 2.85. The van der Waals surface area contributed by atoms with E-state index in [4.69, 9.17) is 10.5 Å². The number of ether oxygens (including phenoxy) is 1. The molecule has 0 aliphatic carbocycles. The Kier molecular flexibility index (Phi) is 3.52. The molecule has 0 bridgehead atoms. The van der Waals surface area contributed by atoms with Crippen LogP contribution in [-0.2, 0) is 0 Å². The number of para-hydroxylation sites is 1. The summed E-state index contributed by atoms with van der Waals surface area (Å²) in [5.74, 6) is 1.42. The Morgan fingerprint density at radius 3 is 3.00 bits per heavy atom. The molecule has 0 fully saturated rings. The van der Waals surface area contributed by atoms with Gasteiger partial charge in [-0.1, -0.05) is 25.1 Å². The number of hydrogen-bond donors (Lipinski definition) is 2. The van der Waals surface area contributed by atoms with Gasteiger partial charge in [-0.05, 0) is 19.4 Å². The van der Waals surface area contributed by atoms with Crippen molar-refractivity contribution in [1.82, 2.24) is 5.32 Å². The highest BCUT2D eigenvalue weighted by molar-refractivity contribution is 5.78. The van der Waals surface area contributed by atoms with Crippen molar-refractivity contribution >= 4 is 5.96 Å². The van der Waals surface area contributed by atoms with Gasteiger partial charge in [-0.15, -0.1) is 0 Å². The first-order valence-corrected chi connectivity index (χ1v) is 6.04. The average Bonchev–Trinajstić information content (AvgIpc) is 2.64. The minimum atomic E-state index is 0.0720. The fraction of sp³-hybridized carbons (Fsp3) is 0.462. The van der Waals surface area contributed by atoms with Crippen LogP contribution >= 0.6 is 0 Å². The average molecular weight is 233 g/mol. The number of hydrogen-bond acceptors (Lipinski definition) is 2. The number of nitrogens with zero attached hydrogens (tertiary/aromatic N) is 1. The first-order chi connectivity index (χ1) is 8.22. The van der Waals surface area contributed by atoms with Gasteiger partial charge in [0.05, 0.1) is 6.04 Å². The molecule has 0 amide bonds. The summed E-state index contributed by atoms with van der Waals surface area (Å²) in [6.45, 7) is 4.86. The van der Waals surface area contributed by atoms with E-state index in [-0.39, 0.29) is 12.1 Å². The molecule has 1 aliphatic rings. The van der Waals surface area contributed by atoms with Crippen molar-refractivity contribution in [3.8, 4) is 5.75 Å². The highest BCUT2D eigenvalue weighted by Gasteiger charge is 2.30. The zero-order valence-electron chi connectivity index (χ0n) is 10.3. The van der Waals surface area contributed by atoms with E-state index in [1.54, 1.807) is 0 Å². The highest BCUT2D eigenvalue weighted by atomic mass is 16.5. The molecule has 4 heteroatoms. The molecule has 2 atom stereocenters. The number of nitrogens with one attached hydrogen (secondary N) is 1. The van der Waals surface area contributed by atoms with Gasteiger partial charge in [-0.25, -0.2) is 0 Å². The lowest BCUT2D eigenvalue weighted by Gasteiger charge is -2.17. The van der Waals surface area contributed by atoms with E-state index >= 15 is 0 Å². The Labute approximate surface area is 102 Å². The SMILES string of the molecule is CCCN=C(N)NC1c2ccccc2OC1C. The van der Waals surface area contributed by atoms with Crippen LogP contribution in [0.1, 0.15) is 31.9 Å². The predicted molar refractivity (Wildman–Crippen MR) is 69.2 cm³/mol. The summed E-state index contributed by atoms with van der Waals surface area (Å²) in [7, 11) is 0. The molecule has 17 heavy (non-hydrogen) atoms. The second-order valence-corrected chi connectivity index (χ2v) is 4.25. The maximum Gasteiger partial charge on any atom is 0.189 e. The van der Waals surface area contributed by atoms with Gasteiger partial charge in [0, 0.05) is 12.1 Å². The first-order valence-electron chi connectivity index (χ1n) is 6.04. The lowest BCUT2D eigenvalue weighted by Crippen LogP contribution is -2.38. The molecule has 1 aliphatic heterocycles. The van der Waals surface area contributed by atoms with Crippen LogP contribution in [0.4, 0.5) is 0 Å². The molecule has 0 aromatic heterocycles. The molecule has 92 valence electrons. The summed E-state index contributed by atoms with van der Waals surface area (Å²) < 4.78 is 5.75. The van der Waals surface area contributed by atoms with Crippen LogP contribution in [0.2, 0.25) is 0 Å². The summed E-state index contributed by atoms with van der Waals surface area (Å²) in [4.78, 5) is 4.24. The number of nitrogens with two attached hydrogens (primary N) is 1. The molecule has 1 aromatic rings. The van der Waals surface area contributed by atoms with Crippen LogP contribution in [-0.4, -0.2) is 18.6 Å². The van der Waals surface area contributed by atoms with Crippen molar-refractivity contribution in [2.45, 2.75) is 32.4 Å². The molecule has 0 saturated carbocycles. The van der Waals surface area contributed by atoms with E-state index in [9.17, 15) is 0 Å². The zero-order valence-corrected chi connectivity index (χ0v) is 10.3. The molecule has 2 rings (SSSR count). The van der Waals surface area contributed by atoms with Crippen molar-refractivity contribution < 1.29 is 4.74 Å². The summed E-state index contributed by atoms with van der Waals surface area (Å²) >= 11 is 0. The van der Waals surface area contributed by atoms with Crippen LogP contribution in [0, 0.1) is 0 Å². The second kappa shape index (κ2) is 5.08. The molecule has 2 unspecified atom stereocenters. The van der Waals surface area contributed by atoms with E-state index in [1.165, 1.54) is 0 Å². The molecule has 4 nitrogen and oxygen atoms in total. The largest absolute Gasteiger partial charge is 0.488 e.